The molecule has 21 N–H and O–H groups in total. The van der Waals surface area contributed by atoms with E-state index < -0.39 is 150 Å². The van der Waals surface area contributed by atoms with Crippen molar-refractivity contribution in [1.29, 1.82) is 5.41 Å². The smallest absolute Gasteiger partial charge is 0.317 e. The number of hydrogen-bond acceptors (Lipinski definition) is 23. The Morgan fingerprint density at radius 1 is 0.541 bits per heavy atom. The molecule has 3 saturated heterocycles. The molecule has 3 aliphatic heterocycles. The number of rotatable bonds is 41. The van der Waals surface area contributed by atoms with Gasteiger partial charge >= 0.3 is 17.9 Å². The summed E-state index contributed by atoms with van der Waals surface area (Å²) in [5, 5.41) is 68.4. The van der Waals surface area contributed by atoms with Gasteiger partial charge in [-0.3, -0.25) is 107 Å². The molecule has 3 aromatic carbocycles. The SMILES string of the molecule is CCCC[C@H](NC(=O)CN1CCC(NC(=O)C(CCCCNC(=O)CN2CCN(CC(=O)O)CCN(CC(=O)O)CCN(CC(=O)O)CC2)NC(=O)CNC(=O)CCCc2ccc(C)cc2)CC1)C(=O)N[C@H]1CC(=O)NCCCC[C@@H](C(N)=O)N(C)C(=O)[C@H](Cc2c[nH]c3ccccc23)NC(=O)[C@H](CCCNC(=N)N)N(C)C(=O)[C@@H](Cc2ccccc2)NC(=O)[C@H](Cc2cnc[nH]2)NC1=O. The van der Waals surface area contributed by atoms with Crippen molar-refractivity contribution in [3.8, 4) is 0 Å². The highest BCUT2D eigenvalue weighted by atomic mass is 16.4. The van der Waals surface area contributed by atoms with Gasteiger partial charge in [-0.2, -0.15) is 0 Å². The Kier molecular flexibility index (Phi) is 44.7. The third-order valence-electron chi connectivity index (χ3n) is 24.2. The van der Waals surface area contributed by atoms with Crippen molar-refractivity contribution in [2.75, 3.05) is 138 Å². The maximum absolute atomic E-state index is 15.5. The normalized spacial score (nSPS) is 19.9. The van der Waals surface area contributed by atoms with Crippen LogP contribution in [0.1, 0.15) is 138 Å². The van der Waals surface area contributed by atoms with Gasteiger partial charge in [0, 0.05) is 160 Å². The quantitative estimate of drug-likeness (QED) is 0.0113. The van der Waals surface area contributed by atoms with Gasteiger partial charge in [0.15, 0.2) is 5.96 Å². The van der Waals surface area contributed by atoms with Crippen molar-refractivity contribution in [2.45, 2.75) is 197 Å². The van der Waals surface area contributed by atoms with Crippen LogP contribution in [-0.4, -0.2) is 358 Å². The second kappa shape index (κ2) is 56.2. The first-order chi connectivity index (χ1) is 64.7. The number of likely N-dealkylation sites (N-methyl/N-ethyl adjacent to an activating group) is 2. The van der Waals surface area contributed by atoms with Crippen LogP contribution in [0.2, 0.25) is 0 Å². The standard InChI is InChI=1S/C92H136N24O19/c1-5-6-22-68(105-80(121)55-112-37-32-64(33-38-112)103-85(129)69(104-78(119)53-101-76(117)27-16-20-61-30-28-60(2)29-31-61)24-12-14-35-98-79(120)54-113-39-41-114(56-81(122)123)43-45-116(58-83(126)127)46-44-115(42-40-113)57-82(124)125)86(130)107-71-50-77(118)97-34-15-13-25-74(84(93)128)110(3)91(135)73(48-63-51-100-67-23-11-10-21-66(63)67)109-89(133)75(26-17-36-99-92(94)95)111(4)90(134)72(47-62-18-8-7-9-19-62)108-87(131)70(106-88(71)132)49-65-52-96-59-102-65/h7-11,18-19,21,23,28-31,51-52,59,64,68-75,100H,5-6,12-17,20,22,24-27,32-50,53-58H2,1-4H3,(H2,93,128)(H,96,102)(H,97,118)(H,98,120)(H,101,117)(H,103,129)(H,104,119)(H,105,121)(H,106,132)(H,107,130)(H,108,131)(H,109,133)(H,122,123)(H,124,125)(H,126,127)(H4,94,95,99)/t68-,69?,70-,71-,72+,73-,74-,75-/m0/s1. The number of unbranched alkanes of at least 4 members (excludes halogenated alkanes) is 2. The summed E-state index contributed by atoms with van der Waals surface area (Å²) >= 11 is 0. The lowest BCUT2D eigenvalue weighted by Gasteiger charge is -2.34. The molecule has 1 unspecified atom stereocenters. The van der Waals surface area contributed by atoms with Gasteiger partial charge in [0.2, 0.25) is 76.8 Å². The van der Waals surface area contributed by atoms with Crippen LogP contribution >= 0.6 is 0 Å². The molecule has 3 aliphatic rings. The van der Waals surface area contributed by atoms with E-state index in [9.17, 15) is 68.1 Å². The van der Waals surface area contributed by atoms with E-state index in [0.29, 0.717) is 68.2 Å². The molecule has 135 heavy (non-hydrogen) atoms. The number of aromatic amines is 2. The van der Waals surface area contributed by atoms with E-state index in [1.165, 1.54) is 26.6 Å². The fourth-order valence-electron chi connectivity index (χ4n) is 16.6. The molecule has 13 amide bonds. The molecule has 8 atom stereocenters. The zero-order valence-electron chi connectivity index (χ0n) is 77.6. The average molecular weight is 1880 g/mol. The van der Waals surface area contributed by atoms with Crippen LogP contribution < -0.4 is 70.0 Å². The topological polar surface area (TPSA) is 609 Å². The zero-order chi connectivity index (χ0) is 97.9. The number of amides is 13. The average Bonchev–Trinajstić information content (AvgIpc) is 1.76. The molecule has 0 aliphatic carbocycles. The summed E-state index contributed by atoms with van der Waals surface area (Å²) in [7, 11) is 2.75. The summed E-state index contributed by atoms with van der Waals surface area (Å²) in [4.78, 5) is 244. The number of likely N-dealkylation sites (tertiary alicyclic amines) is 1. The minimum atomic E-state index is -1.74. The predicted molar refractivity (Wildman–Crippen MR) is 499 cm³/mol. The lowest BCUT2D eigenvalue weighted by atomic mass is 10.00. The number of fused-ring (bicyclic) bond motifs is 1. The number of benzene rings is 3. The molecular weight excluding hydrogens is 1750 g/mol. The molecular formula is C92H136N24O19. The van der Waals surface area contributed by atoms with Crippen molar-refractivity contribution in [3.05, 3.63) is 126 Å². The van der Waals surface area contributed by atoms with Crippen molar-refractivity contribution in [1.82, 2.24) is 108 Å². The minimum Gasteiger partial charge on any atom is -0.480 e. The highest BCUT2D eigenvalue weighted by molar-refractivity contribution is 6.00. The molecule has 5 aromatic rings. The van der Waals surface area contributed by atoms with Gasteiger partial charge in [-0.1, -0.05) is 98.1 Å². The van der Waals surface area contributed by atoms with Gasteiger partial charge in [0.25, 0.3) is 0 Å². The van der Waals surface area contributed by atoms with Crippen LogP contribution in [0.25, 0.3) is 10.9 Å². The van der Waals surface area contributed by atoms with Crippen LogP contribution in [0, 0.1) is 12.3 Å². The van der Waals surface area contributed by atoms with Crippen molar-refractivity contribution in [3.63, 3.8) is 0 Å². The number of guanidine groups is 1. The second-order valence-electron chi connectivity index (χ2n) is 34.8. The Morgan fingerprint density at radius 2 is 1.10 bits per heavy atom. The van der Waals surface area contributed by atoms with E-state index in [4.69, 9.17) is 16.9 Å². The lowest BCUT2D eigenvalue weighted by molar-refractivity contribution is -0.145. The third-order valence-corrected chi connectivity index (χ3v) is 24.2. The fraction of sp³-hybridized carbons (Fsp3) is 0.565. The summed E-state index contributed by atoms with van der Waals surface area (Å²) in [5.74, 6) is -12.8. The van der Waals surface area contributed by atoms with Crippen molar-refractivity contribution < 1.29 is 92.0 Å². The van der Waals surface area contributed by atoms with Crippen LogP contribution in [-0.2, 0) is 102 Å². The number of aromatic nitrogens is 3. The maximum Gasteiger partial charge on any atom is 0.317 e. The summed E-state index contributed by atoms with van der Waals surface area (Å²) in [6.07, 6.45) is 7.42. The number of imidazole rings is 1. The molecule has 0 radical (unpaired) electrons. The Balaban J connectivity index is 0.951. The van der Waals surface area contributed by atoms with Gasteiger partial charge in [0.1, 0.15) is 48.3 Å². The number of carboxylic acids is 3. The number of carboxylic acid groups (broad SMARTS) is 3. The molecule has 0 spiro atoms. The summed E-state index contributed by atoms with van der Waals surface area (Å²) in [5.41, 5.74) is 16.1. The van der Waals surface area contributed by atoms with E-state index in [0.717, 1.165) is 31.8 Å². The molecule has 0 bridgehead atoms. The largest absolute Gasteiger partial charge is 0.480 e. The van der Waals surface area contributed by atoms with E-state index in [-0.39, 0.29) is 206 Å². The fourth-order valence-corrected chi connectivity index (χ4v) is 16.6. The van der Waals surface area contributed by atoms with Gasteiger partial charge in [-0.05, 0) is 113 Å². The molecule has 43 nitrogen and oxygen atoms in total. The highest BCUT2D eigenvalue weighted by Crippen LogP contribution is 2.23. The molecule has 5 heterocycles. The first-order valence-electron chi connectivity index (χ1n) is 46.4. The molecule has 2 aromatic heterocycles. The zero-order valence-corrected chi connectivity index (χ0v) is 77.6. The first-order valence-corrected chi connectivity index (χ1v) is 46.4. The number of primary amides is 1. The van der Waals surface area contributed by atoms with Crippen molar-refractivity contribution in [2.24, 2.45) is 11.5 Å². The van der Waals surface area contributed by atoms with E-state index in [1.807, 2.05) is 67.3 Å². The van der Waals surface area contributed by atoms with Crippen molar-refractivity contribution >= 4 is 112 Å². The van der Waals surface area contributed by atoms with Crippen LogP contribution in [0.15, 0.2) is 97.6 Å². The number of nitrogens with one attached hydrogen (secondary N) is 14. The van der Waals surface area contributed by atoms with Crippen LogP contribution in [0.5, 0.6) is 0 Å². The van der Waals surface area contributed by atoms with Crippen LogP contribution in [0.4, 0.5) is 0 Å². The van der Waals surface area contributed by atoms with Crippen LogP contribution in [0.3, 0.4) is 0 Å². The van der Waals surface area contributed by atoms with Gasteiger partial charge in [0.05, 0.1) is 52.0 Å². The number of aryl methyl sites for hydroxylation is 2. The molecule has 8 rings (SSSR count). The predicted octanol–water partition coefficient (Wildman–Crippen LogP) is -2.10. The summed E-state index contributed by atoms with van der Waals surface area (Å²) < 4.78 is 0. The minimum absolute atomic E-state index is 0.00828. The van der Waals surface area contributed by atoms with Gasteiger partial charge < -0.3 is 105 Å². The number of carbonyl (C=O) groups is 16. The Morgan fingerprint density at radius 3 is 1.72 bits per heavy atom. The number of para-hydroxylation sites is 1. The Hall–Kier alpha value is -13.0. The number of aliphatic carboxylic acids is 3. The number of nitrogens with zero attached hydrogens (tertiary/aromatic N) is 8. The second-order valence-corrected chi connectivity index (χ2v) is 34.8. The molecule has 3 fully saturated rings. The van der Waals surface area contributed by atoms with E-state index in [1.54, 1.807) is 56.1 Å². The Bertz CT molecular complexity index is 4730. The van der Waals surface area contributed by atoms with Gasteiger partial charge in [-0.25, -0.2) is 4.98 Å². The number of H-pyrrole nitrogens is 2. The van der Waals surface area contributed by atoms with E-state index in [2.05, 4.69) is 73.4 Å². The first kappa shape index (κ1) is 107. The molecule has 43 heteroatoms. The summed E-state index contributed by atoms with van der Waals surface area (Å²) in [6.45, 7) is 4.47. The van der Waals surface area contributed by atoms with Gasteiger partial charge in [-0.15, -0.1) is 0 Å². The number of nitrogens with two attached hydrogens (primary N) is 2. The molecule has 0 saturated carbocycles. The molecule has 738 valence electrons. The number of hydrogen-bond donors (Lipinski definition) is 19. The third kappa shape index (κ3) is 38.1. The lowest BCUT2D eigenvalue weighted by Crippen LogP contribution is -2.61. The highest BCUT2D eigenvalue weighted by Gasteiger charge is 2.40. The number of piperidine rings is 1. The monoisotopic (exact) mass is 1880 g/mol. The van der Waals surface area contributed by atoms with E-state index >= 15 is 24.0 Å². The number of carbonyl (C=O) groups excluding carboxylic acids is 13. The Labute approximate surface area is 785 Å². The summed E-state index contributed by atoms with van der Waals surface area (Å²) in [6, 6.07) is 12.3. The maximum atomic E-state index is 15.5.